The molecule has 3 saturated heterocycles. The minimum Gasteiger partial charge on any atom is -0.444 e. The van der Waals surface area contributed by atoms with Crippen molar-refractivity contribution >= 4 is 17.8 Å². The molecule has 0 radical (unpaired) electrons. The highest BCUT2D eigenvalue weighted by molar-refractivity contribution is 6.20. The van der Waals surface area contributed by atoms with E-state index in [1.807, 2.05) is 50.1 Å². The number of fused-ring (bicyclic) bond motifs is 3. The summed E-state index contributed by atoms with van der Waals surface area (Å²) in [7, 11) is 0. The molecule has 4 heterocycles. The molecule has 0 aromatic heterocycles. The third-order valence-corrected chi connectivity index (χ3v) is 12.7. The predicted molar refractivity (Wildman–Crippen MR) is 186 cm³/mol. The van der Waals surface area contributed by atoms with Gasteiger partial charge < -0.3 is 29.9 Å². The molecule has 11 heteroatoms. The lowest BCUT2D eigenvalue weighted by Crippen LogP contribution is -2.73. The molecule has 8 rings (SSSR count). The number of likely N-dealkylation sites (tertiary alicyclic amines) is 1. The molecule has 1 aromatic carbocycles. The Kier molecular flexibility index (Phi) is 9.21. The summed E-state index contributed by atoms with van der Waals surface area (Å²) in [4.78, 5) is 47.6. The lowest BCUT2D eigenvalue weighted by atomic mass is 9.64. The lowest BCUT2D eigenvalue weighted by Gasteiger charge is -2.61. The first-order valence-electron chi connectivity index (χ1n) is 19.2. The van der Waals surface area contributed by atoms with Crippen molar-refractivity contribution in [3.05, 3.63) is 47.7 Å². The molecule has 2 N–H and O–H groups in total. The van der Waals surface area contributed by atoms with Crippen LogP contribution in [0.2, 0.25) is 0 Å². The minimum absolute atomic E-state index is 0.0144. The first-order valence-corrected chi connectivity index (χ1v) is 19.2. The number of halogens is 1. The van der Waals surface area contributed by atoms with Crippen LogP contribution in [-0.2, 0) is 19.1 Å². The molecule has 3 aliphatic carbocycles. The van der Waals surface area contributed by atoms with Crippen LogP contribution in [0.1, 0.15) is 83.7 Å². The SMILES string of the molecule is CC(C)(C)OC(=O)NC1CCN(C2C(F)CC3C(=O)C(C(=O)N4CCNC(c5ccccc5)C4)=CN4C5CC6CCCCC6CC5OC2C34)C1. The van der Waals surface area contributed by atoms with E-state index in [9.17, 15) is 14.4 Å². The number of Topliss-reactive ketones (excluding diaryl/α,β-unsaturated/α-hetero) is 1. The van der Waals surface area contributed by atoms with Crippen LogP contribution in [0.25, 0.3) is 0 Å². The monoisotopic (exact) mass is 691 g/mol. The second-order valence-corrected chi connectivity index (χ2v) is 17.0. The van der Waals surface area contributed by atoms with Crippen molar-refractivity contribution in [1.29, 1.82) is 0 Å². The number of piperazine rings is 1. The number of hydrogen-bond acceptors (Lipinski definition) is 8. The van der Waals surface area contributed by atoms with Crippen LogP contribution in [0, 0.1) is 17.8 Å². The van der Waals surface area contributed by atoms with Gasteiger partial charge in [0, 0.05) is 56.9 Å². The number of hydrogen-bond donors (Lipinski definition) is 2. The molecule has 11 unspecified atom stereocenters. The van der Waals surface area contributed by atoms with E-state index >= 15 is 4.39 Å². The van der Waals surface area contributed by atoms with E-state index in [2.05, 4.69) is 32.6 Å². The highest BCUT2D eigenvalue weighted by Crippen LogP contribution is 2.51. The summed E-state index contributed by atoms with van der Waals surface area (Å²) in [5, 5.41) is 6.52. The molecular formula is C39H54FN5O5. The van der Waals surface area contributed by atoms with Crippen molar-refractivity contribution in [2.45, 2.75) is 126 Å². The number of alkyl carbamates (subject to hydrolysis) is 1. The molecule has 50 heavy (non-hydrogen) atoms. The topological polar surface area (TPSA) is 103 Å². The number of carbonyl (C=O) groups excluding carboxylic acids is 3. The van der Waals surface area contributed by atoms with Crippen molar-refractivity contribution in [2.24, 2.45) is 17.8 Å². The molecule has 11 atom stereocenters. The van der Waals surface area contributed by atoms with E-state index in [-0.39, 0.29) is 54.0 Å². The maximum atomic E-state index is 16.7. The van der Waals surface area contributed by atoms with Crippen LogP contribution in [0.4, 0.5) is 9.18 Å². The maximum Gasteiger partial charge on any atom is 0.407 e. The molecule has 7 aliphatic rings. The number of nitrogens with zero attached hydrogens (tertiary/aromatic N) is 3. The van der Waals surface area contributed by atoms with Gasteiger partial charge in [0.25, 0.3) is 5.91 Å². The van der Waals surface area contributed by atoms with Gasteiger partial charge in [-0.1, -0.05) is 56.0 Å². The van der Waals surface area contributed by atoms with Gasteiger partial charge in [-0.05, 0) is 63.9 Å². The maximum absolute atomic E-state index is 16.7. The highest BCUT2D eigenvalue weighted by atomic mass is 19.1. The fourth-order valence-electron chi connectivity index (χ4n) is 10.5. The molecule has 4 aliphatic heterocycles. The zero-order valence-electron chi connectivity index (χ0n) is 29.8. The fraction of sp³-hybridized carbons (Fsp3) is 0.718. The van der Waals surface area contributed by atoms with Gasteiger partial charge in [-0.3, -0.25) is 14.5 Å². The van der Waals surface area contributed by atoms with Gasteiger partial charge in [0.05, 0.1) is 35.9 Å². The average Bonchev–Trinajstić information content (AvgIpc) is 3.55. The standard InChI is InChI=1S/C39H54FN5O5/c1-39(2,3)50-38(48)42-26-13-15-43(20-26)34-29(40)19-27-33-36(34)49-32-18-25-12-8-7-11-24(25)17-31(32)45(33)21-28(35(27)46)37(47)44-16-14-41-30(22-44)23-9-5-4-6-10-23/h4-6,9-10,21,24-27,29-34,36,41H,7-8,11-20,22H2,1-3H3,(H,42,48). The van der Waals surface area contributed by atoms with Gasteiger partial charge >= 0.3 is 6.09 Å². The number of morpholine rings is 1. The Morgan fingerprint density at radius 3 is 2.50 bits per heavy atom. The van der Waals surface area contributed by atoms with Crippen molar-refractivity contribution in [1.82, 2.24) is 25.3 Å². The summed E-state index contributed by atoms with van der Waals surface area (Å²) < 4.78 is 29.3. The average molecular weight is 692 g/mol. The number of ether oxygens (including phenoxy) is 2. The van der Waals surface area contributed by atoms with E-state index in [1.54, 1.807) is 0 Å². The largest absolute Gasteiger partial charge is 0.444 e. The van der Waals surface area contributed by atoms with Crippen LogP contribution < -0.4 is 10.6 Å². The minimum atomic E-state index is -1.30. The Morgan fingerprint density at radius 2 is 1.74 bits per heavy atom. The number of amides is 2. The van der Waals surface area contributed by atoms with E-state index in [0.717, 1.165) is 18.4 Å². The Balaban J connectivity index is 1.07. The van der Waals surface area contributed by atoms with Crippen molar-refractivity contribution in [3.8, 4) is 0 Å². The predicted octanol–water partition coefficient (Wildman–Crippen LogP) is 4.36. The van der Waals surface area contributed by atoms with E-state index in [4.69, 9.17) is 9.47 Å². The third-order valence-electron chi connectivity index (χ3n) is 12.7. The van der Waals surface area contributed by atoms with E-state index < -0.39 is 35.9 Å². The summed E-state index contributed by atoms with van der Waals surface area (Å²) in [6, 6.07) is 9.14. The Labute approximate surface area is 295 Å². The first kappa shape index (κ1) is 34.1. The van der Waals surface area contributed by atoms with Crippen molar-refractivity contribution < 1.29 is 28.2 Å². The lowest BCUT2D eigenvalue weighted by molar-refractivity contribution is -0.219. The molecule has 1 aromatic rings. The van der Waals surface area contributed by atoms with Gasteiger partial charge in [0.2, 0.25) is 0 Å². The summed E-state index contributed by atoms with van der Waals surface area (Å²) in [5.41, 5.74) is 0.716. The first-order chi connectivity index (χ1) is 24.0. The van der Waals surface area contributed by atoms with Crippen LogP contribution in [0.15, 0.2) is 42.1 Å². The molecule has 10 nitrogen and oxygen atoms in total. The molecule has 0 bridgehead atoms. The van der Waals surface area contributed by atoms with Crippen LogP contribution >= 0.6 is 0 Å². The van der Waals surface area contributed by atoms with Gasteiger partial charge in [-0.25, -0.2) is 9.18 Å². The zero-order chi connectivity index (χ0) is 34.7. The van der Waals surface area contributed by atoms with Crippen LogP contribution in [0.3, 0.4) is 0 Å². The van der Waals surface area contributed by atoms with Crippen LogP contribution in [-0.4, -0.2) is 113 Å². The summed E-state index contributed by atoms with van der Waals surface area (Å²) >= 11 is 0. The van der Waals surface area contributed by atoms with Gasteiger partial charge in [-0.2, -0.15) is 0 Å². The summed E-state index contributed by atoms with van der Waals surface area (Å²) in [6.07, 6.45) is 7.11. The third kappa shape index (κ3) is 6.47. The van der Waals surface area contributed by atoms with Crippen molar-refractivity contribution in [2.75, 3.05) is 32.7 Å². The number of carbonyl (C=O) groups is 3. The summed E-state index contributed by atoms with van der Waals surface area (Å²) in [5.74, 6) is 0.0833. The van der Waals surface area contributed by atoms with Crippen LogP contribution in [0.5, 0.6) is 0 Å². The second-order valence-electron chi connectivity index (χ2n) is 17.0. The quantitative estimate of drug-likeness (QED) is 0.450. The molecule has 6 fully saturated rings. The Morgan fingerprint density at radius 1 is 0.980 bits per heavy atom. The normalized spacial score (nSPS) is 38.8. The number of alkyl halides is 1. The number of benzene rings is 1. The molecule has 0 spiro atoms. The van der Waals surface area contributed by atoms with E-state index in [1.165, 1.54) is 25.7 Å². The van der Waals surface area contributed by atoms with Gasteiger partial charge in [0.15, 0.2) is 5.78 Å². The molecule has 2 amide bonds. The Bertz CT molecular complexity index is 1480. The number of ketones is 1. The molecular weight excluding hydrogens is 637 g/mol. The highest BCUT2D eigenvalue weighted by Gasteiger charge is 2.61. The van der Waals surface area contributed by atoms with Gasteiger partial charge in [0.1, 0.15) is 11.8 Å². The Hall–Kier alpha value is -3.02. The second kappa shape index (κ2) is 13.5. The smallest absolute Gasteiger partial charge is 0.407 e. The van der Waals surface area contributed by atoms with Crippen molar-refractivity contribution in [3.63, 3.8) is 0 Å². The number of nitrogens with one attached hydrogen (secondary N) is 2. The summed E-state index contributed by atoms with van der Waals surface area (Å²) in [6.45, 7) is 8.27. The fourth-order valence-corrected chi connectivity index (χ4v) is 10.5. The molecule has 3 saturated carbocycles. The molecule has 272 valence electrons. The van der Waals surface area contributed by atoms with Gasteiger partial charge in [-0.15, -0.1) is 0 Å². The number of rotatable bonds is 4. The zero-order valence-corrected chi connectivity index (χ0v) is 29.8. The van der Waals surface area contributed by atoms with E-state index in [0.29, 0.717) is 51.0 Å².